The van der Waals surface area contributed by atoms with E-state index in [2.05, 4.69) is 310 Å². The molecule has 14 nitrogen and oxygen atoms in total. The van der Waals surface area contributed by atoms with Crippen LogP contribution in [0.3, 0.4) is 0 Å². The number of hydrogen-bond acceptors (Lipinski definition) is 9. The van der Waals surface area contributed by atoms with Crippen LogP contribution in [-0.2, 0) is 28.2 Å². The summed E-state index contributed by atoms with van der Waals surface area (Å²) in [5, 5.41) is 11.2. The fraction of sp³-hybridized carbons (Fsp3) is 0.139. The summed E-state index contributed by atoms with van der Waals surface area (Å²) in [6.07, 6.45) is 16.6. The molecule has 0 aliphatic rings. The van der Waals surface area contributed by atoms with Gasteiger partial charge in [-0.25, -0.2) is 18.3 Å². The number of thiophene rings is 2. The second-order valence-corrected chi connectivity index (χ2v) is 33.2. The van der Waals surface area contributed by atoms with E-state index in [1.165, 1.54) is 96.7 Å². The van der Waals surface area contributed by atoms with Crippen molar-refractivity contribution in [3.8, 4) is 62.6 Å². The average Bonchev–Trinajstić information content (AvgIpc) is 1.58. The first-order valence-electron chi connectivity index (χ1n) is 39.4. The van der Waals surface area contributed by atoms with Crippen molar-refractivity contribution in [2.45, 2.75) is 69.2 Å². The zero-order chi connectivity index (χ0) is 80.1. The third-order valence-corrected chi connectivity index (χ3v) is 25.9. The van der Waals surface area contributed by atoms with Gasteiger partial charge in [0.25, 0.3) is 29.0 Å². The molecule has 0 aliphatic carbocycles. The molecule has 0 N–H and O–H groups in total. The minimum atomic E-state index is 0.580. The maximum Gasteiger partial charge on any atom is 0.330 e. The summed E-state index contributed by atoms with van der Waals surface area (Å²) in [7, 11) is 8.30. The number of fused-ring (bicyclic) bond motifs is 20. The molecule has 0 amide bonds. The van der Waals surface area contributed by atoms with Gasteiger partial charge in [-0.1, -0.05) is 140 Å². The standard InChI is InChI=1S/3C27H23N2O2.C20H15N2S2/c1-16-8-7-9-17(2)25(16)29-13-12-28(4)26(29)20-15-23-21(14-18(20)3)24-19-10-5-6-11-22(19)30-27(24)31-23;1-16-12-13-20-23-19-10-5-6-11-21(19)30-27(23)31-25(20)22(16)26-28(4)14-15-29(26)24-17(2)8-7-9-18(24)3;1-16-12-13-20-24(31-25-19-10-5-6-11-21(19)30-26(20)25)22(16)27-28(4)14-15-29(27)23-17(2)8-7-9-18(23)3;1-12-10-15-17(11-14(12)20-21-8-5-9-22(20)2)24-18-13-6-3-4-7-16(13)23-19(15)18/h3*5-15H,1-4H3;3-11H,1-2H3/q4*+1. The molecule has 117 heavy (non-hydrogen) atoms. The predicted molar refractivity (Wildman–Crippen MR) is 475 cm³/mol. The summed E-state index contributed by atoms with van der Waals surface area (Å²) in [5.41, 5.74) is 27.1. The van der Waals surface area contributed by atoms with Crippen molar-refractivity contribution in [1.29, 1.82) is 0 Å². The van der Waals surface area contributed by atoms with Gasteiger partial charge in [0.05, 0.1) is 76.5 Å². The highest BCUT2D eigenvalue weighted by Crippen LogP contribution is 2.48. The highest BCUT2D eigenvalue weighted by molar-refractivity contribution is 7.36. The van der Waals surface area contributed by atoms with E-state index in [-0.39, 0.29) is 0 Å². The maximum atomic E-state index is 6.53. The van der Waals surface area contributed by atoms with Gasteiger partial charge in [0, 0.05) is 47.8 Å². The molecule has 0 aliphatic heterocycles. The summed E-state index contributed by atoms with van der Waals surface area (Å²) >= 11 is 3.80. The van der Waals surface area contributed by atoms with Crippen LogP contribution in [0.25, 0.3) is 191 Å². The summed E-state index contributed by atoms with van der Waals surface area (Å²) < 4.78 is 58.3. The van der Waals surface area contributed by atoms with Crippen LogP contribution in [0.1, 0.15) is 55.6 Å². The summed E-state index contributed by atoms with van der Waals surface area (Å²) in [5.74, 6) is 5.47. The van der Waals surface area contributed by atoms with Crippen molar-refractivity contribution in [2.75, 3.05) is 0 Å². The van der Waals surface area contributed by atoms with Gasteiger partial charge < -0.3 is 26.5 Å². The van der Waals surface area contributed by atoms with E-state index in [0.717, 1.165) is 139 Å². The first-order valence-corrected chi connectivity index (χ1v) is 41.1. The number of nitrogens with zero attached hydrogens (tertiary/aromatic N) is 8. The molecule has 16 heteroatoms. The van der Waals surface area contributed by atoms with Crippen molar-refractivity contribution in [3.05, 3.63) is 311 Å². The number of aromatic nitrogens is 8. The predicted octanol–water partition coefficient (Wildman–Crippen LogP) is 25.1. The van der Waals surface area contributed by atoms with Gasteiger partial charge in [0.15, 0.2) is 22.3 Å². The highest BCUT2D eigenvalue weighted by Gasteiger charge is 2.33. The van der Waals surface area contributed by atoms with Gasteiger partial charge in [-0.15, -0.1) is 22.7 Å². The summed E-state index contributed by atoms with van der Waals surface area (Å²) in [4.78, 5) is 4.58. The molecule has 23 rings (SSSR count). The molecule has 0 saturated carbocycles. The zero-order valence-corrected chi connectivity index (χ0v) is 69.2. The van der Waals surface area contributed by atoms with E-state index in [4.69, 9.17) is 26.5 Å². The lowest BCUT2D eigenvalue weighted by Gasteiger charge is -2.10. The molecule has 12 heterocycles. The minimum absolute atomic E-state index is 0.580. The monoisotopic (exact) mass is 1570 g/mol. The third kappa shape index (κ3) is 11.7. The fourth-order valence-electron chi connectivity index (χ4n) is 17.8. The Morgan fingerprint density at radius 1 is 0.291 bits per heavy atom. The van der Waals surface area contributed by atoms with E-state index in [0.29, 0.717) is 11.6 Å². The molecule has 572 valence electrons. The van der Waals surface area contributed by atoms with Crippen LogP contribution >= 0.6 is 22.7 Å². The number of rotatable bonds is 7. The van der Waals surface area contributed by atoms with Crippen molar-refractivity contribution >= 4 is 152 Å². The molecule has 11 aromatic carbocycles. The molecule has 23 aromatic rings. The van der Waals surface area contributed by atoms with E-state index >= 15 is 0 Å². The first-order chi connectivity index (χ1) is 56.8. The van der Waals surface area contributed by atoms with Gasteiger partial charge >= 0.3 is 5.82 Å². The van der Waals surface area contributed by atoms with Gasteiger partial charge in [0.2, 0.25) is 0 Å². The van der Waals surface area contributed by atoms with E-state index < -0.39 is 0 Å². The number of hydrogen-bond donors (Lipinski definition) is 0. The second-order valence-electron chi connectivity index (χ2n) is 31.1. The van der Waals surface area contributed by atoms with Gasteiger partial charge in [-0.05, 0) is 191 Å². The minimum Gasteiger partial charge on any atom is -0.452 e. The molecule has 0 atom stereocenters. The molecule has 0 saturated heterocycles. The number of imidazole rings is 3. The van der Waals surface area contributed by atoms with Gasteiger partial charge in [0.1, 0.15) is 93.9 Å². The van der Waals surface area contributed by atoms with E-state index in [1.54, 1.807) is 0 Å². The van der Waals surface area contributed by atoms with Crippen LogP contribution in [0, 0.1) is 69.2 Å². The van der Waals surface area contributed by atoms with Crippen LogP contribution in [-0.4, -0.2) is 18.7 Å². The quantitative estimate of drug-likeness (QED) is 0.146. The van der Waals surface area contributed by atoms with Crippen LogP contribution in [0.4, 0.5) is 0 Å². The average molecular weight is 1570 g/mol. The Morgan fingerprint density at radius 3 is 1.30 bits per heavy atom. The molecule has 0 radical (unpaired) electrons. The van der Waals surface area contributed by atoms with Crippen LogP contribution in [0.2, 0.25) is 0 Å². The molecular weight excluding hydrogens is 1490 g/mol. The number of benzene rings is 11. The normalized spacial score (nSPS) is 11.8. The lowest BCUT2D eigenvalue weighted by molar-refractivity contribution is -0.663. The highest BCUT2D eigenvalue weighted by atomic mass is 32.1. The van der Waals surface area contributed by atoms with Gasteiger partial charge in [-0.2, -0.15) is 13.7 Å². The van der Waals surface area contributed by atoms with E-state index in [9.17, 15) is 0 Å². The lowest BCUT2D eigenvalue weighted by atomic mass is 10.0. The second kappa shape index (κ2) is 28.1. The van der Waals surface area contributed by atoms with E-state index in [1.807, 2.05) is 103 Å². The Bertz CT molecular complexity index is 7810. The molecular formula is C101H84N8O6S2+4. The Labute approximate surface area is 682 Å². The lowest BCUT2D eigenvalue weighted by Crippen LogP contribution is -2.31. The number of furan rings is 6. The van der Waals surface area contributed by atoms with Crippen LogP contribution < -0.4 is 18.3 Å². The van der Waals surface area contributed by atoms with Crippen molar-refractivity contribution < 1.29 is 44.8 Å². The summed E-state index contributed by atoms with van der Waals surface area (Å²) in [6, 6.07) is 71.8. The smallest absolute Gasteiger partial charge is 0.330 e. The first kappa shape index (κ1) is 72.3. The Kier molecular flexibility index (Phi) is 17.4. The third-order valence-electron chi connectivity index (χ3n) is 23.4. The van der Waals surface area contributed by atoms with Crippen molar-refractivity contribution in [1.82, 2.24) is 18.7 Å². The van der Waals surface area contributed by atoms with Crippen LogP contribution in [0.5, 0.6) is 0 Å². The van der Waals surface area contributed by atoms with Crippen molar-refractivity contribution in [3.63, 3.8) is 0 Å². The molecule has 0 spiro atoms. The SMILES string of the molecule is Cc1cc2c(cc1-c1n(-c3c(C)cccc3C)cc[n+]1C)oc1oc3ccccc3c12.Cc1cc2c(cc1-c1nccc[n+]1C)sc1c3ccccc3sc21.Cc1cccc(C)c1-n1cc[n+](C)c1-c1c(C)ccc2c1oc1c3ccccc3oc21.Cc1cccc(C)c1-n1cc[n+](C)c1-c1c(C)ccc2c1oc1oc3ccccc3c12. The Morgan fingerprint density at radius 2 is 0.726 bits per heavy atom. The largest absolute Gasteiger partial charge is 0.452 e. The Balaban J connectivity index is 0.000000101. The van der Waals surface area contributed by atoms with Crippen LogP contribution in [0.15, 0.2) is 282 Å². The molecule has 0 unspecified atom stereocenters. The zero-order valence-electron chi connectivity index (χ0n) is 67.6. The molecule has 0 fully saturated rings. The Hall–Kier alpha value is -13.7. The maximum absolute atomic E-state index is 6.53. The topological polar surface area (TPSA) is 122 Å². The summed E-state index contributed by atoms with van der Waals surface area (Å²) in [6.45, 7) is 21.6. The number of para-hydroxylation sites is 6. The number of aryl methyl sites for hydroxylation is 14. The van der Waals surface area contributed by atoms with Gasteiger partial charge in [-0.3, -0.25) is 0 Å². The van der Waals surface area contributed by atoms with Crippen molar-refractivity contribution in [2.24, 2.45) is 28.2 Å². The molecule has 0 bridgehead atoms. The fourth-order valence-corrected chi connectivity index (χ4v) is 20.4. The molecule has 12 aromatic heterocycles.